The monoisotopic (exact) mass is 353 g/mol. The van der Waals surface area contributed by atoms with Gasteiger partial charge in [-0.25, -0.2) is 9.48 Å². The summed E-state index contributed by atoms with van der Waals surface area (Å²) >= 11 is 5.92. The number of halogens is 1. The Balaban J connectivity index is 2.54. The Morgan fingerprint density at radius 1 is 1.25 bits per heavy atom. The maximum Gasteiger partial charge on any atom is 0.346 e. The molecule has 0 aliphatic carbocycles. The minimum absolute atomic E-state index is 0.254. The van der Waals surface area contributed by atoms with E-state index < -0.39 is 17.3 Å². The van der Waals surface area contributed by atoms with E-state index in [0.717, 1.165) is 4.68 Å². The van der Waals surface area contributed by atoms with Gasteiger partial charge in [-0.3, -0.25) is 9.36 Å². The van der Waals surface area contributed by atoms with Crippen molar-refractivity contribution in [1.82, 2.24) is 14.3 Å². The highest BCUT2D eigenvalue weighted by atomic mass is 35.5. The molecule has 0 fully saturated rings. The van der Waals surface area contributed by atoms with E-state index in [-0.39, 0.29) is 13.1 Å². The molecule has 2 rings (SSSR count). The van der Waals surface area contributed by atoms with Crippen LogP contribution in [-0.2, 0) is 27.4 Å². The van der Waals surface area contributed by atoms with Crippen LogP contribution in [0, 0.1) is 0 Å². The summed E-state index contributed by atoms with van der Waals surface area (Å²) in [6.07, 6.45) is 0. The zero-order valence-electron chi connectivity index (χ0n) is 14.1. The van der Waals surface area contributed by atoms with Gasteiger partial charge in [-0.15, -0.1) is 5.10 Å². The highest BCUT2D eigenvalue weighted by molar-refractivity contribution is 6.30. The lowest BCUT2D eigenvalue weighted by molar-refractivity contribution is -0.141. The summed E-state index contributed by atoms with van der Waals surface area (Å²) in [6, 6.07) is 6.96. The van der Waals surface area contributed by atoms with Crippen LogP contribution in [0.2, 0.25) is 5.02 Å². The number of methoxy groups -OCH3 is 2. The Morgan fingerprint density at radius 2 is 1.88 bits per heavy atom. The number of ether oxygens (including phenoxy) is 2. The van der Waals surface area contributed by atoms with Gasteiger partial charge in [0.1, 0.15) is 6.54 Å². The van der Waals surface area contributed by atoms with Crippen LogP contribution in [0.15, 0.2) is 29.1 Å². The highest BCUT2D eigenvalue weighted by Gasteiger charge is 2.24. The zero-order chi connectivity index (χ0) is 17.9. The summed E-state index contributed by atoms with van der Waals surface area (Å²) in [5, 5.41) is 4.87. The Morgan fingerprint density at radius 3 is 2.42 bits per heavy atom. The molecule has 0 bridgehead atoms. The van der Waals surface area contributed by atoms with E-state index >= 15 is 0 Å². The number of carbonyl (C=O) groups excluding carboxylic acids is 1. The molecule has 0 atom stereocenters. The van der Waals surface area contributed by atoms with E-state index in [1.54, 1.807) is 31.4 Å². The van der Waals surface area contributed by atoms with Gasteiger partial charge in [0.25, 0.3) is 0 Å². The van der Waals surface area contributed by atoms with E-state index in [1.807, 2.05) is 13.8 Å². The fraction of sp³-hybridized carbons (Fsp3) is 0.438. The lowest BCUT2D eigenvalue weighted by Gasteiger charge is -2.23. The first-order chi connectivity index (χ1) is 11.3. The molecule has 0 aliphatic rings. The molecule has 24 heavy (non-hydrogen) atoms. The van der Waals surface area contributed by atoms with Crippen molar-refractivity contribution < 1.29 is 14.3 Å². The van der Waals surface area contributed by atoms with Crippen LogP contribution < -0.4 is 5.69 Å². The molecule has 1 aromatic heterocycles. The number of benzene rings is 1. The van der Waals surface area contributed by atoms with Crippen LogP contribution in [0.4, 0.5) is 0 Å². The van der Waals surface area contributed by atoms with E-state index in [2.05, 4.69) is 9.84 Å². The van der Waals surface area contributed by atoms with E-state index in [1.165, 1.54) is 11.7 Å². The summed E-state index contributed by atoms with van der Waals surface area (Å²) in [5.41, 5.74) is -0.271. The van der Waals surface area contributed by atoms with Crippen molar-refractivity contribution in [3.8, 4) is 11.4 Å². The molecule has 0 spiro atoms. The third-order valence-corrected chi connectivity index (χ3v) is 3.88. The highest BCUT2D eigenvalue weighted by Crippen LogP contribution is 2.21. The molecule has 1 heterocycles. The van der Waals surface area contributed by atoms with E-state index in [4.69, 9.17) is 16.3 Å². The Kier molecular flexibility index (Phi) is 5.46. The van der Waals surface area contributed by atoms with Crippen LogP contribution in [0.3, 0.4) is 0 Å². The fourth-order valence-electron chi connectivity index (χ4n) is 2.13. The van der Waals surface area contributed by atoms with Gasteiger partial charge >= 0.3 is 11.7 Å². The molecule has 0 unspecified atom stereocenters. The first-order valence-corrected chi connectivity index (χ1v) is 7.71. The third kappa shape index (κ3) is 4.04. The summed E-state index contributed by atoms with van der Waals surface area (Å²) in [4.78, 5) is 24.2. The van der Waals surface area contributed by atoms with E-state index in [0.29, 0.717) is 16.4 Å². The van der Waals surface area contributed by atoms with Crippen LogP contribution in [-0.4, -0.2) is 40.1 Å². The SMILES string of the molecule is COC(=O)Cn1nc(-c2ccc(Cl)cc2)n(CC(C)(C)OC)c1=O. The normalized spacial score (nSPS) is 11.5. The second-order valence-electron chi connectivity index (χ2n) is 5.90. The molecule has 0 radical (unpaired) electrons. The van der Waals surface area contributed by atoms with Crippen molar-refractivity contribution >= 4 is 17.6 Å². The summed E-state index contributed by atoms with van der Waals surface area (Å²) in [6.45, 7) is 3.75. The standard InChI is InChI=1S/C16H20ClN3O4/c1-16(2,24-4)10-19-14(11-5-7-12(17)8-6-11)18-20(15(19)22)9-13(21)23-3/h5-8H,9-10H2,1-4H3. The number of nitrogens with zero attached hydrogens (tertiary/aromatic N) is 3. The predicted molar refractivity (Wildman–Crippen MR) is 90.0 cm³/mol. The predicted octanol–water partition coefficient (Wildman–Crippen LogP) is 1.96. The van der Waals surface area contributed by atoms with Crippen LogP contribution in [0.25, 0.3) is 11.4 Å². The number of esters is 1. The summed E-state index contributed by atoms with van der Waals surface area (Å²) in [5.74, 6) is -0.110. The molecule has 7 nitrogen and oxygen atoms in total. The molecule has 0 aliphatic heterocycles. The van der Waals surface area contributed by atoms with Crippen molar-refractivity contribution in [2.24, 2.45) is 0 Å². The molecule has 0 N–H and O–H groups in total. The molecule has 1 aromatic carbocycles. The quantitative estimate of drug-likeness (QED) is 0.742. The molecule has 0 amide bonds. The maximum absolute atomic E-state index is 12.6. The Hall–Kier alpha value is -2.12. The lowest BCUT2D eigenvalue weighted by Crippen LogP contribution is -2.36. The van der Waals surface area contributed by atoms with Crippen molar-refractivity contribution in [2.75, 3.05) is 14.2 Å². The van der Waals surface area contributed by atoms with Crippen molar-refractivity contribution in [1.29, 1.82) is 0 Å². The minimum Gasteiger partial charge on any atom is -0.468 e. The topological polar surface area (TPSA) is 75.3 Å². The molecule has 2 aromatic rings. The maximum atomic E-state index is 12.6. The van der Waals surface area contributed by atoms with Gasteiger partial charge in [-0.1, -0.05) is 11.6 Å². The number of aromatic nitrogens is 3. The molecule has 0 saturated carbocycles. The van der Waals surface area contributed by atoms with E-state index in [9.17, 15) is 9.59 Å². The molecule has 0 saturated heterocycles. The number of hydrogen-bond acceptors (Lipinski definition) is 5. The van der Waals surface area contributed by atoms with Crippen molar-refractivity contribution in [3.05, 3.63) is 39.8 Å². The van der Waals surface area contributed by atoms with Crippen molar-refractivity contribution in [3.63, 3.8) is 0 Å². The number of carbonyl (C=O) groups is 1. The lowest BCUT2D eigenvalue weighted by atomic mass is 10.1. The van der Waals surface area contributed by atoms with Gasteiger partial charge in [0.15, 0.2) is 5.82 Å². The molecule has 130 valence electrons. The number of rotatable bonds is 6. The van der Waals surface area contributed by atoms with Gasteiger partial charge in [-0.05, 0) is 38.1 Å². The molecule has 8 heteroatoms. The largest absolute Gasteiger partial charge is 0.468 e. The average molecular weight is 354 g/mol. The second kappa shape index (κ2) is 7.19. The number of hydrogen-bond donors (Lipinski definition) is 0. The van der Waals surface area contributed by atoms with Crippen LogP contribution >= 0.6 is 11.6 Å². The zero-order valence-corrected chi connectivity index (χ0v) is 14.8. The Bertz CT molecular complexity index is 778. The first kappa shape index (κ1) is 18.2. The van der Waals surface area contributed by atoms with Gasteiger partial charge in [0.05, 0.1) is 19.3 Å². The average Bonchev–Trinajstić information content (AvgIpc) is 2.84. The van der Waals surface area contributed by atoms with Gasteiger partial charge < -0.3 is 9.47 Å². The van der Waals surface area contributed by atoms with Crippen LogP contribution in [0.1, 0.15) is 13.8 Å². The second-order valence-corrected chi connectivity index (χ2v) is 6.33. The summed E-state index contributed by atoms with van der Waals surface area (Å²) < 4.78 is 12.6. The van der Waals surface area contributed by atoms with Gasteiger partial charge in [-0.2, -0.15) is 0 Å². The third-order valence-electron chi connectivity index (χ3n) is 3.62. The van der Waals surface area contributed by atoms with Crippen LogP contribution in [0.5, 0.6) is 0 Å². The summed E-state index contributed by atoms with van der Waals surface area (Å²) in [7, 11) is 2.84. The first-order valence-electron chi connectivity index (χ1n) is 7.33. The van der Waals surface area contributed by atoms with Gasteiger partial charge in [0, 0.05) is 17.7 Å². The van der Waals surface area contributed by atoms with Gasteiger partial charge in [0.2, 0.25) is 0 Å². The van der Waals surface area contributed by atoms with Crippen molar-refractivity contribution in [2.45, 2.75) is 32.5 Å². The Labute approximate surface area is 144 Å². The molecular formula is C16H20ClN3O4. The minimum atomic E-state index is -0.579. The fourth-order valence-corrected chi connectivity index (χ4v) is 2.26. The molecular weight excluding hydrogens is 334 g/mol. The smallest absolute Gasteiger partial charge is 0.346 e.